The smallest absolute Gasteiger partial charge is 0.243 e. The van der Waals surface area contributed by atoms with Crippen molar-refractivity contribution in [2.24, 2.45) is 33.7 Å². The van der Waals surface area contributed by atoms with Crippen LogP contribution >= 0.6 is 0 Å². The number of carbonyl (C=O) groups excluding carboxylic acids is 4. The van der Waals surface area contributed by atoms with Crippen LogP contribution in [0.1, 0.15) is 48.8 Å². The third-order valence-electron chi connectivity index (χ3n) is 7.20. The van der Waals surface area contributed by atoms with Crippen LogP contribution < -0.4 is 44.6 Å². The summed E-state index contributed by atoms with van der Waals surface area (Å²) in [5, 5.41) is 17.8. The van der Waals surface area contributed by atoms with Gasteiger partial charge in [0.25, 0.3) is 0 Å². The van der Waals surface area contributed by atoms with Crippen molar-refractivity contribution in [1.29, 1.82) is 0 Å². The minimum absolute atomic E-state index is 0.0959. The van der Waals surface area contributed by atoms with E-state index in [9.17, 15) is 24.3 Å². The second-order valence-electron chi connectivity index (χ2n) is 10.9. The number of aromatic hydroxyl groups is 1. The average molecular weight is 626 g/mol. The molecule has 0 spiro atoms. The first kappa shape index (κ1) is 36.5. The number of nitrogens with zero attached hydrogens (tertiary/aromatic N) is 1. The lowest BCUT2D eigenvalue weighted by Crippen LogP contribution is -2.58. The number of rotatable bonds is 19. The minimum atomic E-state index is -1.10. The number of aliphatic imine (C=N–C) groups is 1. The van der Waals surface area contributed by atoms with Gasteiger partial charge in [-0.05, 0) is 80.8 Å². The van der Waals surface area contributed by atoms with Gasteiger partial charge in [0.15, 0.2) is 5.96 Å². The van der Waals surface area contributed by atoms with Gasteiger partial charge in [-0.1, -0.05) is 36.4 Å². The van der Waals surface area contributed by atoms with Crippen molar-refractivity contribution in [3.63, 3.8) is 0 Å². The Morgan fingerprint density at radius 3 is 2.04 bits per heavy atom. The van der Waals surface area contributed by atoms with Gasteiger partial charge >= 0.3 is 0 Å². The van der Waals surface area contributed by atoms with Gasteiger partial charge < -0.3 is 49.7 Å². The molecule has 45 heavy (non-hydrogen) atoms. The summed E-state index contributed by atoms with van der Waals surface area (Å²) >= 11 is 0. The second kappa shape index (κ2) is 18.9. The molecule has 0 saturated heterocycles. The number of unbranched alkanes of at least 4 members (excludes halogenated alkanes) is 1. The van der Waals surface area contributed by atoms with E-state index < -0.39 is 47.8 Å². The number of hydrogen-bond donors (Lipinski definition) is 9. The van der Waals surface area contributed by atoms with Gasteiger partial charge in [-0.15, -0.1) is 0 Å². The van der Waals surface area contributed by atoms with Gasteiger partial charge in [0.2, 0.25) is 23.6 Å². The Labute approximate surface area is 263 Å². The van der Waals surface area contributed by atoms with Crippen LogP contribution in [0.25, 0.3) is 0 Å². The van der Waals surface area contributed by atoms with Crippen LogP contribution in [0, 0.1) is 6.92 Å². The van der Waals surface area contributed by atoms with Gasteiger partial charge in [0, 0.05) is 13.0 Å². The lowest BCUT2D eigenvalue weighted by molar-refractivity contribution is -0.133. The summed E-state index contributed by atoms with van der Waals surface area (Å²) in [5.41, 5.74) is 30.4. The molecule has 2 rings (SSSR count). The fourth-order valence-corrected chi connectivity index (χ4v) is 4.67. The summed E-state index contributed by atoms with van der Waals surface area (Å²) in [6.45, 7) is 2.43. The monoisotopic (exact) mass is 625 g/mol. The molecule has 0 fully saturated rings. The van der Waals surface area contributed by atoms with Crippen LogP contribution in [-0.4, -0.2) is 72.0 Å². The van der Waals surface area contributed by atoms with Crippen LogP contribution in [0.5, 0.6) is 5.75 Å². The maximum absolute atomic E-state index is 13.6. The Balaban J connectivity index is 2.25. The fraction of sp³-hybridized carbons (Fsp3) is 0.452. The maximum atomic E-state index is 13.6. The molecule has 14 heteroatoms. The lowest BCUT2D eigenvalue weighted by atomic mass is 10.00. The third kappa shape index (κ3) is 13.2. The molecular formula is C31H47N9O5. The van der Waals surface area contributed by atoms with Crippen LogP contribution in [0.15, 0.2) is 53.5 Å². The van der Waals surface area contributed by atoms with Gasteiger partial charge in [-0.2, -0.15) is 0 Å². The molecule has 246 valence electrons. The second-order valence-corrected chi connectivity index (χ2v) is 10.9. The van der Waals surface area contributed by atoms with Crippen LogP contribution in [0.4, 0.5) is 0 Å². The zero-order chi connectivity index (χ0) is 33.4. The summed E-state index contributed by atoms with van der Waals surface area (Å²) in [7, 11) is 0. The number of benzene rings is 2. The molecule has 4 unspecified atom stereocenters. The van der Waals surface area contributed by atoms with Crippen LogP contribution in [0.2, 0.25) is 0 Å². The Morgan fingerprint density at radius 1 is 0.800 bits per heavy atom. The zero-order valence-electron chi connectivity index (χ0n) is 25.7. The van der Waals surface area contributed by atoms with Crippen molar-refractivity contribution >= 4 is 29.6 Å². The Bertz CT molecular complexity index is 1300. The molecule has 4 amide bonds. The number of aryl methyl sites for hydroxylation is 1. The van der Waals surface area contributed by atoms with E-state index in [1.165, 1.54) is 6.07 Å². The molecule has 0 aliphatic rings. The van der Waals surface area contributed by atoms with E-state index in [0.717, 1.165) is 16.7 Å². The Morgan fingerprint density at radius 2 is 1.42 bits per heavy atom. The number of phenolic OH excluding ortho intramolecular Hbond substituents is 1. The minimum Gasteiger partial charge on any atom is -0.508 e. The lowest BCUT2D eigenvalue weighted by Gasteiger charge is -2.26. The molecule has 0 radical (unpaired) electrons. The molecule has 0 heterocycles. The van der Waals surface area contributed by atoms with Crippen molar-refractivity contribution in [1.82, 2.24) is 16.0 Å². The molecule has 4 atom stereocenters. The molecule has 0 aliphatic heterocycles. The molecule has 14 nitrogen and oxygen atoms in total. The summed E-state index contributed by atoms with van der Waals surface area (Å²) in [6, 6.07) is 9.65. The standard InChI is InChI=1S/C31H47N9O5/c1-19-16-22(41)13-12-21(19)18-23(33)28(43)39-25(11-7-15-37-31(35)36)29(44)40-26(17-20-8-3-2-4-9-20)30(45)38-24(27(34)42)10-5-6-14-32/h2-4,8-9,12-13,16,23-26,41H,5-7,10-11,14-15,17-18,32-33H2,1H3,(H2,34,42)(H,38,45)(H,39,43)(H,40,44)(H4,35,36,37). The van der Waals surface area contributed by atoms with Crippen molar-refractivity contribution in [2.45, 2.75) is 76.0 Å². The van der Waals surface area contributed by atoms with E-state index >= 15 is 0 Å². The number of carbonyl (C=O) groups is 4. The highest BCUT2D eigenvalue weighted by Gasteiger charge is 2.30. The third-order valence-corrected chi connectivity index (χ3v) is 7.20. The van der Waals surface area contributed by atoms with E-state index in [2.05, 4.69) is 20.9 Å². The molecular weight excluding hydrogens is 578 g/mol. The number of primary amides is 1. The largest absolute Gasteiger partial charge is 0.508 e. The number of hydrogen-bond acceptors (Lipinski definition) is 8. The summed E-state index contributed by atoms with van der Waals surface area (Å²) in [4.78, 5) is 56.3. The van der Waals surface area contributed by atoms with Crippen molar-refractivity contribution in [2.75, 3.05) is 13.1 Å². The predicted molar refractivity (Wildman–Crippen MR) is 172 cm³/mol. The zero-order valence-corrected chi connectivity index (χ0v) is 25.7. The number of nitrogens with one attached hydrogen (secondary N) is 3. The van der Waals surface area contributed by atoms with Crippen LogP contribution in [-0.2, 0) is 32.0 Å². The number of nitrogens with two attached hydrogens (primary N) is 5. The molecule has 2 aromatic rings. The van der Waals surface area contributed by atoms with Crippen molar-refractivity contribution < 1.29 is 24.3 Å². The normalized spacial score (nSPS) is 13.5. The molecule has 2 aromatic carbocycles. The molecule has 14 N–H and O–H groups in total. The first-order valence-electron chi connectivity index (χ1n) is 14.9. The first-order chi connectivity index (χ1) is 21.4. The molecule has 0 saturated carbocycles. The highest BCUT2D eigenvalue weighted by atomic mass is 16.3. The molecule has 0 bridgehead atoms. The van der Waals surface area contributed by atoms with Crippen LogP contribution in [0.3, 0.4) is 0 Å². The van der Waals surface area contributed by atoms with E-state index in [1.54, 1.807) is 43.3 Å². The van der Waals surface area contributed by atoms with Gasteiger partial charge in [-0.25, -0.2) is 0 Å². The summed E-state index contributed by atoms with van der Waals surface area (Å²) in [5.74, 6) is -2.53. The van der Waals surface area contributed by atoms with Crippen molar-refractivity contribution in [3.8, 4) is 5.75 Å². The van der Waals surface area contributed by atoms with E-state index in [0.29, 0.717) is 32.2 Å². The fourth-order valence-electron chi connectivity index (χ4n) is 4.67. The Hall–Kier alpha value is -4.69. The van der Waals surface area contributed by atoms with Gasteiger partial charge in [-0.3, -0.25) is 24.2 Å². The number of amides is 4. The van der Waals surface area contributed by atoms with Gasteiger partial charge in [0.05, 0.1) is 6.04 Å². The highest BCUT2D eigenvalue weighted by molar-refractivity contribution is 5.94. The van der Waals surface area contributed by atoms with E-state index in [-0.39, 0.29) is 37.5 Å². The SMILES string of the molecule is Cc1cc(O)ccc1CC(N)C(=O)NC(CCCN=C(N)N)C(=O)NC(Cc1ccccc1)C(=O)NC(CCCCN)C(N)=O. The predicted octanol–water partition coefficient (Wildman–Crippen LogP) is -1.06. The highest BCUT2D eigenvalue weighted by Crippen LogP contribution is 2.17. The topological polar surface area (TPSA) is 267 Å². The van der Waals surface area contributed by atoms with E-state index in [1.807, 2.05) is 6.07 Å². The van der Waals surface area contributed by atoms with Crippen molar-refractivity contribution in [3.05, 3.63) is 65.2 Å². The molecule has 0 aliphatic carbocycles. The quantitative estimate of drug-likeness (QED) is 0.0522. The van der Waals surface area contributed by atoms with E-state index in [4.69, 9.17) is 28.7 Å². The summed E-state index contributed by atoms with van der Waals surface area (Å²) < 4.78 is 0. The maximum Gasteiger partial charge on any atom is 0.243 e. The molecule has 0 aromatic heterocycles. The number of phenols is 1. The average Bonchev–Trinajstić information content (AvgIpc) is 2.99. The van der Waals surface area contributed by atoms with Gasteiger partial charge in [0.1, 0.15) is 23.9 Å². The Kier molecular flexibility index (Phi) is 15.3. The summed E-state index contributed by atoms with van der Waals surface area (Å²) in [6.07, 6.45) is 2.28. The first-order valence-corrected chi connectivity index (χ1v) is 14.9. The number of guanidine groups is 1.